The van der Waals surface area contributed by atoms with Gasteiger partial charge in [-0.1, -0.05) is 30.3 Å². The molecule has 2 N–H and O–H groups in total. The topological polar surface area (TPSA) is 66.4 Å². The first-order valence-electron chi connectivity index (χ1n) is 5.70. The molecule has 1 aliphatic heterocycles. The lowest BCUT2D eigenvalue weighted by molar-refractivity contribution is -0.138. The molecule has 0 aliphatic carbocycles. The highest BCUT2D eigenvalue weighted by Gasteiger charge is 2.43. The number of amides is 2. The van der Waals surface area contributed by atoms with E-state index in [1.807, 2.05) is 30.3 Å². The highest BCUT2D eigenvalue weighted by atomic mass is 16.3. The number of carbonyl (C=O) groups excluding carboxylic acids is 2. The molecule has 0 spiro atoms. The molecule has 4 heteroatoms. The summed E-state index contributed by atoms with van der Waals surface area (Å²) in [6.45, 7) is -0.0729. The van der Waals surface area contributed by atoms with Gasteiger partial charge in [0.25, 0.3) is 0 Å². The van der Waals surface area contributed by atoms with E-state index in [0.29, 0.717) is 19.3 Å². The number of rotatable bonds is 3. The van der Waals surface area contributed by atoms with E-state index in [0.717, 1.165) is 5.56 Å². The largest absolute Gasteiger partial charge is 0.396 e. The van der Waals surface area contributed by atoms with Crippen LogP contribution in [0.15, 0.2) is 30.3 Å². The van der Waals surface area contributed by atoms with Crippen LogP contribution in [0.25, 0.3) is 0 Å². The number of nitrogens with one attached hydrogen (secondary N) is 1. The van der Waals surface area contributed by atoms with Crippen LogP contribution < -0.4 is 5.32 Å². The summed E-state index contributed by atoms with van der Waals surface area (Å²) in [4.78, 5) is 23.3. The summed E-state index contributed by atoms with van der Waals surface area (Å²) in [5.74, 6) is -0.534. The smallest absolute Gasteiger partial charge is 0.237 e. The van der Waals surface area contributed by atoms with Gasteiger partial charge in [-0.25, -0.2) is 0 Å². The Morgan fingerprint density at radius 3 is 2.53 bits per heavy atom. The molecule has 1 aliphatic rings. The zero-order valence-corrected chi connectivity index (χ0v) is 9.48. The molecular weight excluding hydrogens is 218 g/mol. The van der Waals surface area contributed by atoms with Gasteiger partial charge in [0, 0.05) is 13.0 Å². The summed E-state index contributed by atoms with van der Waals surface area (Å²) in [7, 11) is 0. The predicted molar refractivity (Wildman–Crippen MR) is 62.2 cm³/mol. The third-order valence-corrected chi connectivity index (χ3v) is 3.33. The van der Waals surface area contributed by atoms with E-state index < -0.39 is 5.41 Å². The van der Waals surface area contributed by atoms with Gasteiger partial charge in [-0.3, -0.25) is 14.9 Å². The van der Waals surface area contributed by atoms with Crippen LogP contribution >= 0.6 is 0 Å². The first-order chi connectivity index (χ1) is 8.19. The molecule has 17 heavy (non-hydrogen) atoms. The van der Waals surface area contributed by atoms with Crippen molar-refractivity contribution in [1.29, 1.82) is 0 Å². The highest BCUT2D eigenvalue weighted by Crippen LogP contribution is 2.35. The van der Waals surface area contributed by atoms with E-state index in [1.165, 1.54) is 0 Å². The number of hydrogen-bond acceptors (Lipinski definition) is 3. The van der Waals surface area contributed by atoms with E-state index in [2.05, 4.69) is 5.32 Å². The van der Waals surface area contributed by atoms with Crippen LogP contribution in [0, 0.1) is 0 Å². The van der Waals surface area contributed by atoms with Crippen molar-refractivity contribution in [3.05, 3.63) is 35.9 Å². The normalized spacial score (nSPS) is 24.5. The minimum atomic E-state index is -0.760. The molecule has 0 radical (unpaired) electrons. The van der Waals surface area contributed by atoms with Crippen molar-refractivity contribution in [3.63, 3.8) is 0 Å². The maximum Gasteiger partial charge on any atom is 0.237 e. The zero-order valence-electron chi connectivity index (χ0n) is 9.48. The lowest BCUT2D eigenvalue weighted by Crippen LogP contribution is -2.51. The minimum Gasteiger partial charge on any atom is -0.396 e. The minimum absolute atomic E-state index is 0.0729. The number of benzene rings is 1. The molecule has 0 saturated carbocycles. The van der Waals surface area contributed by atoms with Gasteiger partial charge >= 0.3 is 0 Å². The first-order valence-corrected chi connectivity index (χ1v) is 5.70. The Morgan fingerprint density at radius 2 is 1.94 bits per heavy atom. The van der Waals surface area contributed by atoms with Gasteiger partial charge in [-0.2, -0.15) is 0 Å². The molecule has 0 aromatic heterocycles. The van der Waals surface area contributed by atoms with Crippen molar-refractivity contribution >= 4 is 11.8 Å². The summed E-state index contributed by atoms with van der Waals surface area (Å²) in [5.41, 5.74) is 0.100. The average molecular weight is 233 g/mol. The number of aliphatic hydroxyl groups excluding tert-OH is 1. The Labute approximate surface area is 99.6 Å². The average Bonchev–Trinajstić information content (AvgIpc) is 2.34. The van der Waals surface area contributed by atoms with Crippen molar-refractivity contribution in [1.82, 2.24) is 5.32 Å². The van der Waals surface area contributed by atoms with Crippen LogP contribution in [-0.2, 0) is 15.0 Å². The third kappa shape index (κ3) is 2.08. The summed E-state index contributed by atoms with van der Waals surface area (Å²) >= 11 is 0. The molecule has 2 rings (SSSR count). The second kappa shape index (κ2) is 4.67. The lowest BCUT2D eigenvalue weighted by Gasteiger charge is -2.35. The third-order valence-electron chi connectivity index (χ3n) is 3.33. The first kappa shape index (κ1) is 11.8. The SMILES string of the molecule is O=C1CCC(CCO)(c2ccccc2)C(=O)N1. The van der Waals surface area contributed by atoms with Gasteiger partial charge in [-0.05, 0) is 18.4 Å². The molecule has 2 amide bonds. The molecular formula is C13H15NO3. The lowest BCUT2D eigenvalue weighted by atomic mass is 9.71. The van der Waals surface area contributed by atoms with Crippen molar-refractivity contribution in [2.24, 2.45) is 0 Å². The number of carbonyl (C=O) groups is 2. The van der Waals surface area contributed by atoms with Crippen LogP contribution in [0.2, 0.25) is 0 Å². The van der Waals surface area contributed by atoms with E-state index >= 15 is 0 Å². The summed E-state index contributed by atoms with van der Waals surface area (Å²) in [5, 5.41) is 11.5. The van der Waals surface area contributed by atoms with E-state index in [1.54, 1.807) is 0 Å². The maximum atomic E-state index is 12.1. The van der Waals surface area contributed by atoms with Crippen LogP contribution in [0.1, 0.15) is 24.8 Å². The molecule has 1 unspecified atom stereocenters. The van der Waals surface area contributed by atoms with E-state index in [-0.39, 0.29) is 18.4 Å². The van der Waals surface area contributed by atoms with Gasteiger partial charge in [0.1, 0.15) is 0 Å². The number of piperidine rings is 1. The molecule has 4 nitrogen and oxygen atoms in total. The van der Waals surface area contributed by atoms with Crippen molar-refractivity contribution in [2.75, 3.05) is 6.61 Å². The zero-order chi connectivity index (χ0) is 12.3. The molecule has 1 atom stereocenters. The van der Waals surface area contributed by atoms with Crippen molar-refractivity contribution in [2.45, 2.75) is 24.7 Å². The number of hydrogen-bond donors (Lipinski definition) is 2. The monoisotopic (exact) mass is 233 g/mol. The Kier molecular flexibility index (Phi) is 3.24. The molecule has 1 heterocycles. The fourth-order valence-corrected chi connectivity index (χ4v) is 2.36. The highest BCUT2D eigenvalue weighted by molar-refractivity contribution is 6.03. The fourth-order valence-electron chi connectivity index (χ4n) is 2.36. The second-order valence-corrected chi connectivity index (χ2v) is 4.30. The van der Waals surface area contributed by atoms with Crippen LogP contribution in [0.3, 0.4) is 0 Å². The number of aliphatic hydroxyl groups is 1. The standard InChI is InChI=1S/C13H15NO3/c15-9-8-13(10-4-2-1-3-5-10)7-6-11(16)14-12(13)17/h1-5,15H,6-9H2,(H,14,16,17). The molecule has 1 aromatic rings. The van der Waals surface area contributed by atoms with Gasteiger partial charge in [0.2, 0.25) is 11.8 Å². The summed E-state index contributed by atoms with van der Waals surface area (Å²) in [6, 6.07) is 9.33. The van der Waals surface area contributed by atoms with Gasteiger partial charge < -0.3 is 5.11 Å². The van der Waals surface area contributed by atoms with Crippen LogP contribution in [-0.4, -0.2) is 23.5 Å². The summed E-state index contributed by atoms with van der Waals surface area (Å²) in [6.07, 6.45) is 1.12. The van der Waals surface area contributed by atoms with Crippen LogP contribution in [0.5, 0.6) is 0 Å². The van der Waals surface area contributed by atoms with Crippen LogP contribution in [0.4, 0.5) is 0 Å². The Morgan fingerprint density at radius 1 is 1.24 bits per heavy atom. The fraction of sp³-hybridized carbons (Fsp3) is 0.385. The van der Waals surface area contributed by atoms with Gasteiger partial charge in [-0.15, -0.1) is 0 Å². The molecule has 1 saturated heterocycles. The van der Waals surface area contributed by atoms with Gasteiger partial charge in [0.05, 0.1) is 5.41 Å². The van der Waals surface area contributed by atoms with Crippen molar-refractivity contribution < 1.29 is 14.7 Å². The Hall–Kier alpha value is -1.68. The molecule has 1 aromatic carbocycles. The molecule has 0 bridgehead atoms. The van der Waals surface area contributed by atoms with E-state index in [4.69, 9.17) is 5.11 Å². The Balaban J connectivity index is 2.39. The van der Waals surface area contributed by atoms with Gasteiger partial charge in [0.15, 0.2) is 0 Å². The Bertz CT molecular complexity index is 430. The second-order valence-electron chi connectivity index (χ2n) is 4.30. The van der Waals surface area contributed by atoms with Crippen molar-refractivity contribution in [3.8, 4) is 0 Å². The maximum absolute atomic E-state index is 12.1. The van der Waals surface area contributed by atoms with E-state index in [9.17, 15) is 9.59 Å². The summed E-state index contributed by atoms with van der Waals surface area (Å²) < 4.78 is 0. The number of imide groups is 1. The molecule has 1 fully saturated rings. The quantitative estimate of drug-likeness (QED) is 0.757. The molecule has 90 valence electrons. The predicted octanol–water partition coefficient (Wildman–Crippen LogP) is 0.743.